The Hall–Kier alpha value is -4.84. The van der Waals surface area contributed by atoms with Crippen LogP contribution in [0.5, 0.6) is 0 Å². The van der Waals surface area contributed by atoms with E-state index in [0.717, 1.165) is 17.0 Å². The lowest BCUT2D eigenvalue weighted by Crippen LogP contribution is -2.41. The van der Waals surface area contributed by atoms with Crippen LogP contribution in [0.3, 0.4) is 0 Å². The molecule has 0 unspecified atom stereocenters. The SMILES string of the molecule is NCc1cccc2ccccc12.O=C(N[C@@H](CCCNCc1cnc[nH]1)C(=O)O)c1ccc(CNCc2cnc[nH]2)cc1. The van der Waals surface area contributed by atoms with Crippen molar-refractivity contribution < 1.29 is 14.7 Å². The fourth-order valence-electron chi connectivity index (χ4n) is 4.50. The van der Waals surface area contributed by atoms with Crippen LogP contribution in [-0.4, -0.2) is 49.5 Å². The van der Waals surface area contributed by atoms with Crippen LogP contribution in [0.1, 0.15) is 45.7 Å². The second-order valence-corrected chi connectivity index (χ2v) is 9.98. The van der Waals surface area contributed by atoms with Crippen molar-refractivity contribution >= 4 is 22.6 Å². The van der Waals surface area contributed by atoms with E-state index in [9.17, 15) is 14.7 Å². The largest absolute Gasteiger partial charge is 0.480 e. The molecule has 5 rings (SSSR count). The number of carbonyl (C=O) groups is 2. The van der Waals surface area contributed by atoms with Gasteiger partial charge in [-0.15, -0.1) is 0 Å². The summed E-state index contributed by atoms with van der Waals surface area (Å²) in [5.74, 6) is -1.43. The van der Waals surface area contributed by atoms with Crippen LogP contribution in [0.25, 0.3) is 10.8 Å². The number of rotatable bonds is 14. The zero-order chi connectivity index (χ0) is 30.3. The fraction of sp³-hybridized carbons (Fsp3) is 0.250. The normalized spacial score (nSPS) is 11.5. The second kappa shape index (κ2) is 16.6. The van der Waals surface area contributed by atoms with E-state index in [4.69, 9.17) is 5.73 Å². The highest BCUT2D eigenvalue weighted by atomic mass is 16.4. The molecule has 1 atom stereocenters. The van der Waals surface area contributed by atoms with E-state index in [-0.39, 0.29) is 0 Å². The number of nitrogens with two attached hydrogens (primary N) is 1. The van der Waals surface area contributed by atoms with Crippen molar-refractivity contribution in [2.75, 3.05) is 6.54 Å². The number of amides is 1. The summed E-state index contributed by atoms with van der Waals surface area (Å²) in [5, 5.41) is 21.1. The highest BCUT2D eigenvalue weighted by Crippen LogP contribution is 2.17. The van der Waals surface area contributed by atoms with Gasteiger partial charge in [0.15, 0.2) is 0 Å². The standard InChI is InChI=1S/C21H27N7O3.C11H11N/c29-20(16-5-3-15(4-6-16)8-23-10-18-12-25-14-27-18)28-19(21(30)31)2-1-7-22-9-17-11-24-13-26-17;12-8-10-6-3-5-9-4-1-2-7-11(9)10/h3-6,11-14,19,22-23H,1-2,7-10H2,(H,24,26)(H,25,27)(H,28,29)(H,30,31);1-7H,8,12H2/t19-;/m0./s1. The fourth-order valence-corrected chi connectivity index (χ4v) is 4.50. The first kappa shape index (κ1) is 31.1. The number of carboxylic acid groups (broad SMARTS) is 1. The summed E-state index contributed by atoms with van der Waals surface area (Å²) in [6, 6.07) is 20.7. The third kappa shape index (κ3) is 9.89. The minimum absolute atomic E-state index is 0.340. The highest BCUT2D eigenvalue weighted by molar-refractivity contribution is 5.96. The number of nitrogens with one attached hydrogen (secondary N) is 5. The van der Waals surface area contributed by atoms with Crippen molar-refractivity contribution in [1.29, 1.82) is 0 Å². The molecule has 8 N–H and O–H groups in total. The van der Waals surface area contributed by atoms with Crippen molar-refractivity contribution in [2.24, 2.45) is 5.73 Å². The minimum Gasteiger partial charge on any atom is -0.480 e. The van der Waals surface area contributed by atoms with E-state index in [0.29, 0.717) is 51.1 Å². The number of aromatic amines is 2. The van der Waals surface area contributed by atoms with E-state index >= 15 is 0 Å². The molecule has 0 aliphatic rings. The number of fused-ring (bicyclic) bond motifs is 1. The zero-order valence-corrected chi connectivity index (χ0v) is 23.9. The topological polar surface area (TPSA) is 174 Å². The first-order valence-electron chi connectivity index (χ1n) is 14.2. The molecule has 3 aromatic carbocycles. The monoisotopic (exact) mass is 582 g/mol. The van der Waals surface area contributed by atoms with Gasteiger partial charge in [0.05, 0.1) is 12.7 Å². The van der Waals surface area contributed by atoms with Crippen molar-refractivity contribution in [3.63, 3.8) is 0 Å². The van der Waals surface area contributed by atoms with E-state index in [1.807, 2.05) is 30.3 Å². The van der Waals surface area contributed by atoms with Gasteiger partial charge < -0.3 is 36.8 Å². The van der Waals surface area contributed by atoms with Crippen LogP contribution in [0.15, 0.2) is 91.8 Å². The Kier molecular flexibility index (Phi) is 12.0. The Balaban J connectivity index is 0.000000292. The molecule has 5 aromatic rings. The predicted molar refractivity (Wildman–Crippen MR) is 166 cm³/mol. The molecule has 0 saturated carbocycles. The lowest BCUT2D eigenvalue weighted by Gasteiger charge is -2.15. The Morgan fingerprint density at radius 3 is 2.16 bits per heavy atom. The number of carbonyl (C=O) groups excluding carboxylic acids is 1. The summed E-state index contributed by atoms with van der Waals surface area (Å²) < 4.78 is 0. The average molecular weight is 583 g/mol. The number of imidazole rings is 2. The maximum Gasteiger partial charge on any atom is 0.326 e. The van der Waals surface area contributed by atoms with E-state index in [2.05, 4.69) is 60.2 Å². The lowest BCUT2D eigenvalue weighted by atomic mass is 10.1. The third-order valence-corrected chi connectivity index (χ3v) is 6.84. The highest BCUT2D eigenvalue weighted by Gasteiger charge is 2.20. The molecule has 11 nitrogen and oxygen atoms in total. The van der Waals surface area contributed by atoms with E-state index in [1.165, 1.54) is 16.3 Å². The second-order valence-electron chi connectivity index (χ2n) is 9.98. The number of aliphatic carboxylic acids is 1. The first-order valence-corrected chi connectivity index (χ1v) is 14.2. The Bertz CT molecular complexity index is 1530. The summed E-state index contributed by atoms with van der Waals surface area (Å²) in [6.45, 7) is 3.19. The number of aromatic nitrogens is 4. The smallest absolute Gasteiger partial charge is 0.326 e. The van der Waals surface area contributed by atoms with Crippen molar-refractivity contribution in [3.05, 3.63) is 120 Å². The van der Waals surface area contributed by atoms with Gasteiger partial charge in [0.25, 0.3) is 5.91 Å². The van der Waals surface area contributed by atoms with Crippen LogP contribution in [0.2, 0.25) is 0 Å². The lowest BCUT2D eigenvalue weighted by molar-refractivity contribution is -0.139. The van der Waals surface area contributed by atoms with Gasteiger partial charge in [0.2, 0.25) is 0 Å². The summed E-state index contributed by atoms with van der Waals surface area (Å²) >= 11 is 0. The molecule has 0 bridgehead atoms. The summed E-state index contributed by atoms with van der Waals surface area (Å²) in [5.41, 5.74) is 10.2. The molecule has 0 spiro atoms. The van der Waals surface area contributed by atoms with E-state index in [1.54, 1.807) is 37.2 Å². The Labute approximate surface area is 250 Å². The number of H-pyrrole nitrogens is 2. The Morgan fingerprint density at radius 2 is 1.51 bits per heavy atom. The Morgan fingerprint density at radius 1 is 0.837 bits per heavy atom. The molecule has 11 heteroatoms. The maximum atomic E-state index is 12.5. The van der Waals surface area contributed by atoms with Crippen LogP contribution in [-0.2, 0) is 31.0 Å². The van der Waals surface area contributed by atoms with Crippen LogP contribution in [0.4, 0.5) is 0 Å². The molecule has 0 fully saturated rings. The first-order chi connectivity index (χ1) is 21.0. The molecule has 2 heterocycles. The van der Waals surface area contributed by atoms with Gasteiger partial charge in [-0.05, 0) is 53.4 Å². The molecule has 1 amide bonds. The molecule has 43 heavy (non-hydrogen) atoms. The van der Waals surface area contributed by atoms with E-state index < -0.39 is 17.9 Å². The average Bonchev–Trinajstić information content (AvgIpc) is 3.75. The summed E-state index contributed by atoms with van der Waals surface area (Å²) in [4.78, 5) is 37.9. The van der Waals surface area contributed by atoms with Crippen molar-refractivity contribution in [2.45, 2.75) is 45.1 Å². The van der Waals surface area contributed by atoms with Gasteiger partial charge in [0, 0.05) is 55.5 Å². The molecule has 0 radical (unpaired) electrons. The molecule has 2 aromatic heterocycles. The molecule has 0 aliphatic carbocycles. The third-order valence-electron chi connectivity index (χ3n) is 6.84. The maximum absolute atomic E-state index is 12.5. The van der Waals surface area contributed by atoms with Gasteiger partial charge >= 0.3 is 5.97 Å². The van der Waals surface area contributed by atoms with Gasteiger partial charge in [-0.25, -0.2) is 14.8 Å². The van der Waals surface area contributed by atoms with Gasteiger partial charge in [-0.1, -0.05) is 54.6 Å². The number of hydrogen-bond donors (Lipinski definition) is 7. The molecular weight excluding hydrogens is 544 g/mol. The van der Waals surface area contributed by atoms with Crippen LogP contribution < -0.4 is 21.7 Å². The van der Waals surface area contributed by atoms with Crippen LogP contribution in [0, 0.1) is 0 Å². The quantitative estimate of drug-likeness (QED) is 0.0975. The number of carboxylic acids is 1. The molecule has 224 valence electrons. The minimum atomic E-state index is -1.04. The molecule has 0 aliphatic heterocycles. The van der Waals surface area contributed by atoms with Crippen LogP contribution >= 0.6 is 0 Å². The zero-order valence-electron chi connectivity index (χ0n) is 23.9. The van der Waals surface area contributed by atoms with Gasteiger partial charge in [-0.3, -0.25) is 4.79 Å². The number of hydrogen-bond acceptors (Lipinski definition) is 7. The van der Waals surface area contributed by atoms with Crippen molar-refractivity contribution in [3.8, 4) is 0 Å². The number of nitrogens with zero attached hydrogens (tertiary/aromatic N) is 2. The summed E-state index contributed by atoms with van der Waals surface area (Å²) in [6.07, 6.45) is 7.69. The molecule has 0 saturated heterocycles. The number of benzene rings is 3. The molecular formula is C32H38N8O3. The van der Waals surface area contributed by atoms with Gasteiger partial charge in [0.1, 0.15) is 6.04 Å². The predicted octanol–water partition coefficient (Wildman–Crippen LogP) is 3.47. The summed E-state index contributed by atoms with van der Waals surface area (Å²) in [7, 11) is 0. The van der Waals surface area contributed by atoms with Gasteiger partial charge in [-0.2, -0.15) is 0 Å². The van der Waals surface area contributed by atoms with Crippen molar-refractivity contribution in [1.82, 2.24) is 35.9 Å².